The average Bonchev–Trinajstić information content (AvgIpc) is 2.31. The molecule has 0 aliphatic carbocycles. The highest BCUT2D eigenvalue weighted by Crippen LogP contribution is 2.26. The van der Waals surface area contributed by atoms with E-state index < -0.39 is 5.41 Å². The summed E-state index contributed by atoms with van der Waals surface area (Å²) in [6, 6.07) is 11.3. The molecule has 0 saturated heterocycles. The van der Waals surface area contributed by atoms with Crippen molar-refractivity contribution in [3.63, 3.8) is 0 Å². The normalized spacial score (nSPS) is 10.2. The second kappa shape index (κ2) is 5.35. The van der Waals surface area contributed by atoms with Gasteiger partial charge in [-0.3, -0.25) is 0 Å². The van der Waals surface area contributed by atoms with Crippen molar-refractivity contribution in [1.29, 1.82) is 10.5 Å². The van der Waals surface area contributed by atoms with E-state index in [9.17, 15) is 0 Å². The first kappa shape index (κ1) is 12.3. The number of allylic oxidation sites excluding steroid dienone is 1. The van der Waals surface area contributed by atoms with Crippen LogP contribution in [0.3, 0.4) is 0 Å². The maximum Gasteiger partial charge on any atom is 0.151 e. The van der Waals surface area contributed by atoms with Crippen LogP contribution in [0.5, 0.6) is 0 Å². The highest BCUT2D eigenvalue weighted by molar-refractivity contribution is 6.30. The van der Waals surface area contributed by atoms with E-state index in [-0.39, 0.29) is 0 Å². The first-order chi connectivity index (χ1) is 7.65. The number of nitrogens with zero attached hydrogens (tertiary/aromatic N) is 2. The van der Waals surface area contributed by atoms with E-state index in [1.807, 2.05) is 12.1 Å². The molecule has 0 saturated carbocycles. The maximum atomic E-state index is 9.08. The Bertz CT molecular complexity index is 434. The SMILES string of the molecule is C=CCC(C#N)(C#N)Cc1ccc(Cl)cc1. The lowest BCUT2D eigenvalue weighted by atomic mass is 9.81. The summed E-state index contributed by atoms with van der Waals surface area (Å²) in [5.74, 6) is 0. The molecule has 0 N–H and O–H groups in total. The molecule has 0 aliphatic heterocycles. The highest BCUT2D eigenvalue weighted by Gasteiger charge is 2.28. The molecule has 1 aromatic rings. The third-order valence-electron chi connectivity index (χ3n) is 2.34. The molecule has 0 unspecified atom stereocenters. The van der Waals surface area contributed by atoms with Crippen LogP contribution in [-0.2, 0) is 6.42 Å². The van der Waals surface area contributed by atoms with Crippen molar-refractivity contribution < 1.29 is 0 Å². The van der Waals surface area contributed by atoms with Gasteiger partial charge in [-0.15, -0.1) is 6.58 Å². The van der Waals surface area contributed by atoms with Crippen molar-refractivity contribution in [1.82, 2.24) is 0 Å². The first-order valence-corrected chi connectivity index (χ1v) is 5.21. The second-order valence-electron chi connectivity index (χ2n) is 3.60. The zero-order valence-corrected chi connectivity index (χ0v) is 9.54. The lowest BCUT2D eigenvalue weighted by molar-refractivity contribution is 0.527. The van der Waals surface area contributed by atoms with E-state index in [2.05, 4.69) is 18.7 Å². The van der Waals surface area contributed by atoms with Gasteiger partial charge in [0.05, 0.1) is 12.1 Å². The van der Waals surface area contributed by atoms with Crippen LogP contribution >= 0.6 is 11.6 Å². The summed E-state index contributed by atoms with van der Waals surface area (Å²) >= 11 is 5.77. The van der Waals surface area contributed by atoms with Crippen molar-refractivity contribution in [3.8, 4) is 12.1 Å². The van der Waals surface area contributed by atoms with Crippen LogP contribution in [0, 0.1) is 28.1 Å². The zero-order chi connectivity index (χ0) is 12.0. The van der Waals surface area contributed by atoms with Crippen LogP contribution in [0.25, 0.3) is 0 Å². The Morgan fingerprint density at radius 2 is 1.81 bits per heavy atom. The summed E-state index contributed by atoms with van der Waals surface area (Å²) < 4.78 is 0. The van der Waals surface area contributed by atoms with Gasteiger partial charge < -0.3 is 0 Å². The Morgan fingerprint density at radius 3 is 2.25 bits per heavy atom. The third kappa shape index (κ3) is 2.86. The van der Waals surface area contributed by atoms with E-state index in [4.69, 9.17) is 22.1 Å². The summed E-state index contributed by atoms with van der Waals surface area (Å²) in [6.07, 6.45) is 2.36. The molecule has 0 radical (unpaired) electrons. The molecule has 0 aromatic heterocycles. The van der Waals surface area contributed by atoms with Crippen molar-refractivity contribution in [2.75, 3.05) is 0 Å². The van der Waals surface area contributed by atoms with Crippen LogP contribution < -0.4 is 0 Å². The van der Waals surface area contributed by atoms with Crippen LogP contribution in [0.4, 0.5) is 0 Å². The molecule has 2 nitrogen and oxygen atoms in total. The molecule has 0 bridgehead atoms. The van der Waals surface area contributed by atoms with E-state index in [1.54, 1.807) is 18.2 Å². The van der Waals surface area contributed by atoms with Crippen LogP contribution in [0.2, 0.25) is 5.02 Å². The standard InChI is InChI=1S/C13H11ClN2/c1-2-7-13(9-15,10-16)8-11-3-5-12(14)6-4-11/h2-6H,1,7-8H2. The monoisotopic (exact) mass is 230 g/mol. The van der Waals surface area contributed by atoms with Gasteiger partial charge in [0, 0.05) is 11.4 Å². The summed E-state index contributed by atoms with van der Waals surface area (Å²) in [5, 5.41) is 18.8. The minimum Gasteiger partial charge on any atom is -0.197 e. The number of hydrogen-bond acceptors (Lipinski definition) is 2. The molecule has 16 heavy (non-hydrogen) atoms. The van der Waals surface area contributed by atoms with Gasteiger partial charge in [-0.1, -0.05) is 29.8 Å². The first-order valence-electron chi connectivity index (χ1n) is 4.83. The molecular weight excluding hydrogens is 220 g/mol. The topological polar surface area (TPSA) is 47.6 Å². The third-order valence-corrected chi connectivity index (χ3v) is 2.59. The van der Waals surface area contributed by atoms with E-state index in [0.717, 1.165) is 5.56 Å². The van der Waals surface area contributed by atoms with Crippen LogP contribution in [0.15, 0.2) is 36.9 Å². The molecule has 0 aliphatic rings. The Morgan fingerprint density at radius 1 is 1.25 bits per heavy atom. The predicted molar refractivity (Wildman–Crippen MR) is 63.6 cm³/mol. The van der Waals surface area contributed by atoms with Crippen molar-refractivity contribution in [2.24, 2.45) is 5.41 Å². The zero-order valence-electron chi connectivity index (χ0n) is 8.78. The maximum absolute atomic E-state index is 9.08. The molecule has 0 fully saturated rings. The molecule has 0 amide bonds. The van der Waals surface area contributed by atoms with Gasteiger partial charge in [-0.25, -0.2) is 0 Å². The minimum absolute atomic E-state index is 0.364. The van der Waals surface area contributed by atoms with Gasteiger partial charge in [0.15, 0.2) is 5.41 Å². The molecule has 0 atom stereocenters. The lowest BCUT2D eigenvalue weighted by Gasteiger charge is -2.16. The van der Waals surface area contributed by atoms with Crippen molar-refractivity contribution >= 4 is 11.6 Å². The van der Waals surface area contributed by atoms with Gasteiger partial charge in [0.1, 0.15) is 0 Å². The van der Waals surface area contributed by atoms with Crippen molar-refractivity contribution in [2.45, 2.75) is 12.8 Å². The largest absolute Gasteiger partial charge is 0.197 e. The second-order valence-corrected chi connectivity index (χ2v) is 4.04. The average molecular weight is 231 g/mol. The molecule has 80 valence electrons. The number of halogens is 1. The fourth-order valence-electron chi connectivity index (χ4n) is 1.46. The molecule has 3 heteroatoms. The van der Waals surface area contributed by atoms with Gasteiger partial charge in [0.25, 0.3) is 0 Å². The summed E-state index contributed by atoms with van der Waals surface area (Å²) in [4.78, 5) is 0. The quantitative estimate of drug-likeness (QED) is 0.744. The highest BCUT2D eigenvalue weighted by atomic mass is 35.5. The van der Waals surface area contributed by atoms with E-state index >= 15 is 0 Å². The number of hydrogen-bond donors (Lipinski definition) is 0. The van der Waals surface area contributed by atoms with Gasteiger partial charge in [-0.05, 0) is 24.1 Å². The van der Waals surface area contributed by atoms with Gasteiger partial charge in [-0.2, -0.15) is 10.5 Å². The fraction of sp³-hybridized carbons (Fsp3) is 0.231. The molecular formula is C13H11ClN2. The Balaban J connectivity index is 2.93. The lowest BCUT2D eigenvalue weighted by Crippen LogP contribution is -2.18. The minimum atomic E-state index is -1.02. The molecule has 0 heterocycles. The summed E-state index contributed by atoms with van der Waals surface area (Å²) in [5.41, 5.74) is -0.0930. The molecule has 1 aromatic carbocycles. The molecule has 1 rings (SSSR count). The summed E-state index contributed by atoms with van der Waals surface area (Å²) in [6.45, 7) is 3.57. The van der Waals surface area contributed by atoms with Crippen LogP contribution in [0.1, 0.15) is 12.0 Å². The van der Waals surface area contributed by atoms with Gasteiger partial charge >= 0.3 is 0 Å². The number of rotatable bonds is 4. The van der Waals surface area contributed by atoms with E-state index in [1.165, 1.54) is 0 Å². The van der Waals surface area contributed by atoms with Crippen LogP contribution in [-0.4, -0.2) is 0 Å². The van der Waals surface area contributed by atoms with Crippen molar-refractivity contribution in [3.05, 3.63) is 47.5 Å². The Kier molecular flexibility index (Phi) is 4.11. The fourth-order valence-corrected chi connectivity index (χ4v) is 1.59. The smallest absolute Gasteiger partial charge is 0.151 e. The summed E-state index contributed by atoms with van der Waals surface area (Å²) in [7, 11) is 0. The number of nitriles is 2. The molecule has 0 spiro atoms. The van der Waals surface area contributed by atoms with Gasteiger partial charge in [0.2, 0.25) is 0 Å². The van der Waals surface area contributed by atoms with E-state index in [0.29, 0.717) is 17.9 Å². The Hall–Kier alpha value is -1.77. The predicted octanol–water partition coefficient (Wildman–Crippen LogP) is 3.49. The number of benzene rings is 1. The Labute approximate surface area is 100 Å².